The molecule has 1 aliphatic carbocycles. The molecular weight excluding hydrogens is 266 g/mol. The van der Waals surface area contributed by atoms with E-state index >= 15 is 0 Å². The van der Waals surface area contributed by atoms with Crippen molar-refractivity contribution in [3.8, 4) is 5.75 Å². The van der Waals surface area contributed by atoms with Crippen LogP contribution >= 0.6 is 0 Å². The van der Waals surface area contributed by atoms with Crippen molar-refractivity contribution < 1.29 is 14.1 Å². The Labute approximate surface area is 124 Å². The molecule has 0 amide bonds. The first-order valence-corrected chi connectivity index (χ1v) is 7.20. The van der Waals surface area contributed by atoms with Gasteiger partial charge in [-0.3, -0.25) is 4.79 Å². The van der Waals surface area contributed by atoms with E-state index in [1.165, 1.54) is 0 Å². The highest BCUT2D eigenvalue weighted by Gasteiger charge is 2.31. The van der Waals surface area contributed by atoms with Crippen LogP contribution in [-0.2, 0) is 6.61 Å². The maximum absolute atomic E-state index is 12.2. The van der Waals surface area contributed by atoms with Crippen LogP contribution in [0.5, 0.6) is 5.75 Å². The van der Waals surface area contributed by atoms with Gasteiger partial charge in [-0.25, -0.2) is 0 Å². The number of ketones is 1. The fraction of sp³-hybridized carbons (Fsp3) is 0.412. The molecule has 4 heteroatoms. The topological polar surface area (TPSA) is 52.3 Å². The van der Waals surface area contributed by atoms with Crippen molar-refractivity contribution >= 4 is 5.78 Å². The van der Waals surface area contributed by atoms with Gasteiger partial charge in [0.2, 0.25) is 0 Å². The van der Waals surface area contributed by atoms with Crippen molar-refractivity contribution in [3.05, 3.63) is 45.8 Å². The van der Waals surface area contributed by atoms with Crippen LogP contribution in [0.25, 0.3) is 0 Å². The van der Waals surface area contributed by atoms with E-state index in [0.717, 1.165) is 33.7 Å². The van der Waals surface area contributed by atoms with Gasteiger partial charge in [0, 0.05) is 6.42 Å². The molecule has 1 heterocycles. The summed E-state index contributed by atoms with van der Waals surface area (Å²) in [7, 11) is 0. The fourth-order valence-corrected chi connectivity index (χ4v) is 3.09. The molecule has 0 aliphatic heterocycles. The molecule has 1 atom stereocenters. The summed E-state index contributed by atoms with van der Waals surface area (Å²) < 4.78 is 11.0. The molecule has 0 saturated carbocycles. The van der Waals surface area contributed by atoms with Crippen LogP contribution in [0, 0.1) is 20.8 Å². The van der Waals surface area contributed by atoms with Crippen LogP contribution in [0.15, 0.2) is 16.7 Å². The number of hydrogen-bond donors (Lipinski definition) is 0. The first-order valence-electron chi connectivity index (χ1n) is 7.20. The van der Waals surface area contributed by atoms with Gasteiger partial charge >= 0.3 is 0 Å². The standard InChI is InChI=1S/C17H19NO3/c1-9-5-6-15(17-14(19)7-10(2)16(9)17)20-8-13-11(3)18-21-12(13)4/h5-6,10H,7-8H2,1-4H3. The van der Waals surface area contributed by atoms with Gasteiger partial charge in [0.15, 0.2) is 5.78 Å². The van der Waals surface area contributed by atoms with E-state index in [-0.39, 0.29) is 11.7 Å². The number of carbonyl (C=O) groups excluding carboxylic acids is 1. The molecule has 110 valence electrons. The minimum Gasteiger partial charge on any atom is -0.488 e. The summed E-state index contributed by atoms with van der Waals surface area (Å²) in [5.41, 5.74) is 4.83. The Kier molecular flexibility index (Phi) is 3.32. The molecule has 0 bridgehead atoms. The summed E-state index contributed by atoms with van der Waals surface area (Å²) in [5, 5.41) is 3.92. The SMILES string of the molecule is Cc1ccc(OCc2c(C)noc2C)c2c1C(C)CC2=O. The van der Waals surface area contributed by atoms with Crippen LogP contribution in [-0.4, -0.2) is 10.9 Å². The second-order valence-corrected chi connectivity index (χ2v) is 5.79. The second-order valence-electron chi connectivity index (χ2n) is 5.79. The van der Waals surface area contributed by atoms with Gasteiger partial charge in [-0.1, -0.05) is 18.1 Å². The van der Waals surface area contributed by atoms with E-state index in [1.807, 2.05) is 32.9 Å². The largest absolute Gasteiger partial charge is 0.488 e. The lowest BCUT2D eigenvalue weighted by Gasteiger charge is -2.13. The molecule has 0 fully saturated rings. The Balaban J connectivity index is 1.93. The van der Waals surface area contributed by atoms with E-state index in [2.05, 4.69) is 12.1 Å². The first kappa shape index (κ1) is 13.9. The third-order valence-electron chi connectivity index (χ3n) is 4.24. The van der Waals surface area contributed by atoms with Crippen LogP contribution in [0.1, 0.15) is 57.8 Å². The molecule has 3 rings (SSSR count). The number of Topliss-reactive ketones (excluding diaryl/α,β-unsaturated/α-hetero) is 1. The van der Waals surface area contributed by atoms with Gasteiger partial charge in [-0.2, -0.15) is 0 Å². The van der Waals surface area contributed by atoms with Crippen LogP contribution < -0.4 is 4.74 Å². The maximum Gasteiger partial charge on any atom is 0.167 e. The summed E-state index contributed by atoms with van der Waals surface area (Å²) in [6.45, 7) is 8.27. The molecular formula is C17H19NO3. The molecule has 21 heavy (non-hydrogen) atoms. The smallest absolute Gasteiger partial charge is 0.167 e. The lowest BCUT2D eigenvalue weighted by atomic mass is 9.97. The van der Waals surface area contributed by atoms with E-state index in [0.29, 0.717) is 18.8 Å². The molecule has 1 aliphatic rings. The Hall–Kier alpha value is -2.10. The molecule has 0 N–H and O–H groups in total. The normalized spacial score (nSPS) is 17.1. The fourth-order valence-electron chi connectivity index (χ4n) is 3.09. The minimum atomic E-state index is 0.176. The highest BCUT2D eigenvalue weighted by molar-refractivity contribution is 6.04. The van der Waals surface area contributed by atoms with Crippen molar-refractivity contribution in [1.82, 2.24) is 5.16 Å². The van der Waals surface area contributed by atoms with Gasteiger partial charge in [0.25, 0.3) is 0 Å². The lowest BCUT2D eigenvalue weighted by molar-refractivity contribution is 0.0986. The Bertz CT molecular complexity index is 696. The molecule has 1 unspecified atom stereocenters. The van der Waals surface area contributed by atoms with Crippen molar-refractivity contribution in [2.75, 3.05) is 0 Å². The lowest BCUT2D eigenvalue weighted by Crippen LogP contribution is -2.03. The molecule has 1 aromatic carbocycles. The Morgan fingerprint density at radius 3 is 2.76 bits per heavy atom. The average Bonchev–Trinajstić information content (AvgIpc) is 2.91. The quantitative estimate of drug-likeness (QED) is 0.859. The number of aromatic nitrogens is 1. The summed E-state index contributed by atoms with van der Waals surface area (Å²) in [4.78, 5) is 12.2. The maximum atomic E-state index is 12.2. The van der Waals surface area contributed by atoms with Gasteiger partial charge in [0.1, 0.15) is 18.1 Å². The van der Waals surface area contributed by atoms with E-state index in [4.69, 9.17) is 9.26 Å². The number of aryl methyl sites for hydroxylation is 3. The number of benzene rings is 1. The molecule has 0 spiro atoms. The zero-order valence-electron chi connectivity index (χ0n) is 12.8. The van der Waals surface area contributed by atoms with Gasteiger partial charge < -0.3 is 9.26 Å². The summed E-state index contributed by atoms with van der Waals surface area (Å²) in [6, 6.07) is 3.92. The van der Waals surface area contributed by atoms with Crippen molar-refractivity contribution in [2.45, 2.75) is 46.6 Å². The number of fused-ring (bicyclic) bond motifs is 1. The van der Waals surface area contributed by atoms with Gasteiger partial charge in [-0.15, -0.1) is 0 Å². The number of rotatable bonds is 3. The summed E-state index contributed by atoms with van der Waals surface area (Å²) in [5.74, 6) is 1.88. The predicted molar refractivity (Wildman–Crippen MR) is 78.9 cm³/mol. The zero-order chi connectivity index (χ0) is 15.1. The molecule has 2 aromatic rings. The molecule has 1 aromatic heterocycles. The third kappa shape index (κ3) is 2.24. The Morgan fingerprint density at radius 1 is 1.33 bits per heavy atom. The highest BCUT2D eigenvalue weighted by atomic mass is 16.5. The monoisotopic (exact) mass is 285 g/mol. The number of nitrogens with zero attached hydrogens (tertiary/aromatic N) is 1. The third-order valence-corrected chi connectivity index (χ3v) is 4.24. The summed E-state index contributed by atoms with van der Waals surface area (Å²) in [6.07, 6.45) is 0.571. The van der Waals surface area contributed by atoms with Crippen molar-refractivity contribution in [2.24, 2.45) is 0 Å². The van der Waals surface area contributed by atoms with Crippen molar-refractivity contribution in [1.29, 1.82) is 0 Å². The van der Waals surface area contributed by atoms with E-state index in [1.54, 1.807) is 0 Å². The number of ether oxygens (including phenoxy) is 1. The minimum absolute atomic E-state index is 0.176. The van der Waals surface area contributed by atoms with E-state index in [9.17, 15) is 4.79 Å². The molecule has 0 radical (unpaired) electrons. The second kappa shape index (κ2) is 5.02. The number of hydrogen-bond acceptors (Lipinski definition) is 4. The van der Waals surface area contributed by atoms with Crippen molar-refractivity contribution in [3.63, 3.8) is 0 Å². The van der Waals surface area contributed by atoms with Gasteiger partial charge in [0.05, 0.1) is 16.8 Å². The van der Waals surface area contributed by atoms with Gasteiger partial charge in [-0.05, 0) is 43.9 Å². The Morgan fingerprint density at radius 2 is 2.10 bits per heavy atom. The number of carbonyl (C=O) groups is 1. The molecule has 0 saturated heterocycles. The predicted octanol–water partition coefficient (Wildman–Crippen LogP) is 3.87. The highest BCUT2D eigenvalue weighted by Crippen LogP contribution is 2.40. The zero-order valence-corrected chi connectivity index (χ0v) is 12.8. The van der Waals surface area contributed by atoms with Crippen LogP contribution in [0.2, 0.25) is 0 Å². The van der Waals surface area contributed by atoms with E-state index < -0.39 is 0 Å². The average molecular weight is 285 g/mol. The first-order chi connectivity index (χ1) is 9.99. The van der Waals surface area contributed by atoms with Crippen LogP contribution in [0.4, 0.5) is 0 Å². The van der Waals surface area contributed by atoms with Crippen LogP contribution in [0.3, 0.4) is 0 Å². The summed E-state index contributed by atoms with van der Waals surface area (Å²) >= 11 is 0. The molecule has 4 nitrogen and oxygen atoms in total.